The van der Waals surface area contributed by atoms with Gasteiger partial charge in [-0.3, -0.25) is 23.9 Å². The lowest BCUT2D eigenvalue weighted by atomic mass is 9.94. The molecule has 1 aliphatic heterocycles. The quantitative estimate of drug-likeness (QED) is 0.518. The molecule has 3 aromatic rings. The summed E-state index contributed by atoms with van der Waals surface area (Å²) in [6.45, 7) is -0.251. The second-order valence-electron chi connectivity index (χ2n) is 8.07. The van der Waals surface area contributed by atoms with E-state index in [9.17, 15) is 23.2 Å². The molecule has 1 aromatic carbocycles. The van der Waals surface area contributed by atoms with E-state index in [0.717, 1.165) is 6.07 Å². The highest BCUT2D eigenvalue weighted by Gasteiger charge is 2.42. The van der Waals surface area contributed by atoms with Crippen molar-refractivity contribution in [2.45, 2.75) is 0 Å². The Kier molecular flexibility index (Phi) is 7.52. The highest BCUT2D eigenvalue weighted by Crippen LogP contribution is 2.27. The zero-order chi connectivity index (χ0) is 24.9. The van der Waals surface area contributed by atoms with Crippen LogP contribution in [0, 0.1) is 17.7 Å². The Morgan fingerprint density at radius 1 is 1.06 bits per heavy atom. The third-order valence-electron chi connectivity index (χ3n) is 5.76. The molecular weight excluding hydrogens is 480 g/mol. The van der Waals surface area contributed by atoms with Gasteiger partial charge in [-0.2, -0.15) is 0 Å². The van der Waals surface area contributed by atoms with Crippen molar-refractivity contribution >= 4 is 34.9 Å². The van der Waals surface area contributed by atoms with Crippen molar-refractivity contribution in [3.05, 3.63) is 82.1 Å². The van der Waals surface area contributed by atoms with Gasteiger partial charge in [-0.05, 0) is 30.3 Å². The Bertz CT molecular complexity index is 1280. The van der Waals surface area contributed by atoms with E-state index < -0.39 is 36.1 Å². The average molecular weight is 502 g/mol. The summed E-state index contributed by atoms with van der Waals surface area (Å²) in [7, 11) is 0. The molecule has 2 N–H and O–H groups in total. The maximum Gasteiger partial charge on any atom is 0.255 e. The highest BCUT2D eigenvalue weighted by molar-refractivity contribution is 6.30. The van der Waals surface area contributed by atoms with Crippen LogP contribution in [0.4, 0.5) is 20.3 Å². The first-order chi connectivity index (χ1) is 16.9. The second-order valence-corrected chi connectivity index (χ2v) is 8.51. The number of pyridine rings is 2. The number of amides is 2. The number of alkyl halides is 1. The Labute approximate surface area is 204 Å². The molecule has 2 amide bonds. The van der Waals surface area contributed by atoms with Crippen LogP contribution in [0.1, 0.15) is 0 Å². The summed E-state index contributed by atoms with van der Waals surface area (Å²) in [5.41, 5.74) is -0.120. The molecule has 0 bridgehead atoms. The van der Waals surface area contributed by atoms with Crippen LogP contribution in [0.15, 0.2) is 65.7 Å². The number of carbonyl (C=O) groups is 2. The smallest absolute Gasteiger partial charge is 0.255 e. The minimum atomic E-state index is -0.843. The fraction of sp³-hybridized carbons (Fsp3) is 0.250. The normalized spacial score (nSPS) is 17.8. The van der Waals surface area contributed by atoms with Crippen LogP contribution in [-0.4, -0.2) is 52.6 Å². The van der Waals surface area contributed by atoms with Crippen LogP contribution in [0.25, 0.3) is 5.69 Å². The van der Waals surface area contributed by atoms with Crippen LogP contribution in [-0.2, 0) is 9.59 Å². The van der Waals surface area contributed by atoms with Crippen molar-refractivity contribution < 1.29 is 18.4 Å². The average Bonchev–Trinajstić information content (AvgIpc) is 3.27. The Hall–Kier alpha value is -3.63. The van der Waals surface area contributed by atoms with E-state index in [1.165, 1.54) is 41.2 Å². The van der Waals surface area contributed by atoms with Gasteiger partial charge in [0.2, 0.25) is 11.8 Å². The summed E-state index contributed by atoms with van der Waals surface area (Å²) >= 11 is 5.82. The van der Waals surface area contributed by atoms with Gasteiger partial charge in [0, 0.05) is 44.2 Å². The van der Waals surface area contributed by atoms with E-state index >= 15 is 0 Å². The number of carbonyl (C=O) groups excluding carboxylic acids is 2. The molecule has 0 radical (unpaired) electrons. The molecule has 11 heteroatoms. The predicted molar refractivity (Wildman–Crippen MR) is 128 cm³/mol. The zero-order valence-electron chi connectivity index (χ0n) is 18.5. The molecule has 4 rings (SSSR count). The number of rotatable bonds is 7. The number of aromatic nitrogens is 2. The maximum absolute atomic E-state index is 14.8. The molecule has 0 spiro atoms. The number of anilines is 2. The lowest BCUT2D eigenvalue weighted by Crippen LogP contribution is -2.36. The van der Waals surface area contributed by atoms with E-state index in [4.69, 9.17) is 11.6 Å². The van der Waals surface area contributed by atoms with E-state index in [-0.39, 0.29) is 36.7 Å². The molecule has 1 saturated heterocycles. The first-order valence-electron chi connectivity index (χ1n) is 10.8. The fourth-order valence-electron chi connectivity index (χ4n) is 4.01. The summed E-state index contributed by atoms with van der Waals surface area (Å²) < 4.78 is 29.0. The monoisotopic (exact) mass is 501 g/mol. The van der Waals surface area contributed by atoms with Gasteiger partial charge < -0.3 is 10.6 Å². The van der Waals surface area contributed by atoms with Gasteiger partial charge in [-0.1, -0.05) is 17.7 Å². The van der Waals surface area contributed by atoms with Gasteiger partial charge in [-0.25, -0.2) is 13.8 Å². The van der Waals surface area contributed by atoms with Gasteiger partial charge >= 0.3 is 0 Å². The first kappa shape index (κ1) is 24.5. The van der Waals surface area contributed by atoms with Crippen molar-refractivity contribution in [1.82, 2.24) is 14.5 Å². The molecule has 0 unspecified atom stereocenters. The third-order valence-corrected chi connectivity index (χ3v) is 5.98. The van der Waals surface area contributed by atoms with Crippen LogP contribution < -0.4 is 16.2 Å². The Morgan fingerprint density at radius 2 is 1.80 bits per heavy atom. The summed E-state index contributed by atoms with van der Waals surface area (Å²) in [5.74, 6) is -3.15. The lowest BCUT2D eigenvalue weighted by molar-refractivity contribution is -0.127. The molecule has 2 aromatic heterocycles. The Balaban J connectivity index is 1.50. The van der Waals surface area contributed by atoms with E-state index in [0.29, 0.717) is 10.7 Å². The Morgan fingerprint density at radius 3 is 2.43 bits per heavy atom. The summed E-state index contributed by atoms with van der Waals surface area (Å²) in [5, 5.41) is 5.58. The predicted octanol–water partition coefficient (Wildman–Crippen LogP) is 3.12. The molecule has 35 heavy (non-hydrogen) atoms. The van der Waals surface area contributed by atoms with Gasteiger partial charge in [0.15, 0.2) is 0 Å². The molecule has 3 heterocycles. The van der Waals surface area contributed by atoms with Crippen LogP contribution in [0.3, 0.4) is 0 Å². The summed E-state index contributed by atoms with van der Waals surface area (Å²) in [6, 6.07) is 11.6. The number of nitrogens with one attached hydrogen (secondary N) is 2. The molecule has 1 aliphatic rings. The largest absolute Gasteiger partial charge is 0.323 e. The minimum absolute atomic E-state index is 0.0711. The van der Waals surface area contributed by atoms with Crippen molar-refractivity contribution in [2.75, 3.05) is 36.9 Å². The number of hydrogen-bond donors (Lipinski definition) is 2. The first-order valence-corrected chi connectivity index (χ1v) is 11.2. The van der Waals surface area contributed by atoms with E-state index in [2.05, 4.69) is 15.6 Å². The number of nitrogens with zero attached hydrogens (tertiary/aromatic N) is 3. The van der Waals surface area contributed by atoms with Gasteiger partial charge in [-0.15, -0.1) is 0 Å². The second kappa shape index (κ2) is 10.7. The number of likely N-dealkylation sites (tertiary alicyclic amines) is 1. The minimum Gasteiger partial charge on any atom is -0.323 e. The van der Waals surface area contributed by atoms with E-state index in [1.54, 1.807) is 23.1 Å². The maximum atomic E-state index is 14.8. The third kappa shape index (κ3) is 5.72. The fourth-order valence-corrected chi connectivity index (χ4v) is 4.12. The van der Waals surface area contributed by atoms with Crippen molar-refractivity contribution in [3.63, 3.8) is 0 Å². The highest BCUT2D eigenvalue weighted by atomic mass is 35.5. The standard InChI is InChI=1S/C24H22ClF2N5O3/c25-15-4-7-21(28-12-15)30-24(35)18-14-31(10-8-26)13-17(18)23(34)29-20-6-5-16(11-19(20)27)32-9-2-1-3-22(32)33/h1-7,9,11-12,17-18H,8,10,13-14H2,(H,29,34)(H,28,30,35)/t17-,18-/m0/s1. The van der Waals surface area contributed by atoms with Gasteiger partial charge in [0.25, 0.3) is 5.56 Å². The van der Waals surface area contributed by atoms with Crippen LogP contribution in [0.2, 0.25) is 5.02 Å². The van der Waals surface area contributed by atoms with Crippen molar-refractivity contribution in [2.24, 2.45) is 11.8 Å². The molecule has 0 saturated carbocycles. The molecule has 2 atom stereocenters. The lowest BCUT2D eigenvalue weighted by Gasteiger charge is -2.18. The molecule has 0 aliphatic carbocycles. The SMILES string of the molecule is O=C(Nc1ccc(Cl)cn1)[C@H]1CN(CCF)C[C@@H]1C(=O)Nc1ccc(-n2ccccc2=O)cc1F. The molecular formula is C24H22ClF2N5O3. The number of halogens is 3. The zero-order valence-corrected chi connectivity index (χ0v) is 19.2. The topological polar surface area (TPSA) is 96.3 Å². The summed E-state index contributed by atoms with van der Waals surface area (Å²) in [4.78, 5) is 43.7. The molecule has 8 nitrogen and oxygen atoms in total. The van der Waals surface area contributed by atoms with Crippen LogP contribution in [0.5, 0.6) is 0 Å². The van der Waals surface area contributed by atoms with Gasteiger partial charge in [0.05, 0.1) is 28.2 Å². The number of hydrogen-bond acceptors (Lipinski definition) is 5. The summed E-state index contributed by atoms with van der Waals surface area (Å²) in [6.07, 6.45) is 2.88. The van der Waals surface area contributed by atoms with Gasteiger partial charge in [0.1, 0.15) is 18.3 Å². The van der Waals surface area contributed by atoms with Crippen molar-refractivity contribution in [3.8, 4) is 5.69 Å². The molecule has 182 valence electrons. The number of benzene rings is 1. The van der Waals surface area contributed by atoms with E-state index in [1.807, 2.05) is 0 Å². The van der Waals surface area contributed by atoms with Crippen LogP contribution >= 0.6 is 11.6 Å². The van der Waals surface area contributed by atoms with Crippen molar-refractivity contribution in [1.29, 1.82) is 0 Å². The molecule has 1 fully saturated rings.